The maximum absolute atomic E-state index is 12.4. The predicted octanol–water partition coefficient (Wildman–Crippen LogP) is 4.29. The van der Waals surface area contributed by atoms with Crippen molar-refractivity contribution in [3.05, 3.63) is 58.9 Å². The minimum absolute atomic E-state index is 0.190. The van der Waals surface area contributed by atoms with E-state index in [1.54, 1.807) is 6.20 Å². The van der Waals surface area contributed by atoms with Gasteiger partial charge in [-0.15, -0.1) is 0 Å². The molecule has 0 saturated carbocycles. The van der Waals surface area contributed by atoms with Gasteiger partial charge in [0.1, 0.15) is 5.69 Å². The molecule has 1 aromatic carbocycles. The molecule has 2 rings (SSSR count). The van der Waals surface area contributed by atoms with Crippen molar-refractivity contribution < 1.29 is 4.79 Å². The van der Waals surface area contributed by atoms with Crippen molar-refractivity contribution in [2.45, 2.75) is 33.2 Å². The van der Waals surface area contributed by atoms with Gasteiger partial charge in [0.25, 0.3) is 5.91 Å². The van der Waals surface area contributed by atoms with Crippen LogP contribution in [0.25, 0.3) is 0 Å². The van der Waals surface area contributed by atoms with Crippen LogP contribution in [0.1, 0.15) is 42.7 Å². The summed E-state index contributed by atoms with van der Waals surface area (Å²) in [6.45, 7) is 6.64. The van der Waals surface area contributed by atoms with Gasteiger partial charge in [-0.3, -0.25) is 9.78 Å². The number of anilines is 1. The molecule has 1 amide bonds. The van der Waals surface area contributed by atoms with Crippen LogP contribution in [0.4, 0.5) is 5.69 Å². The number of pyridine rings is 1. The topological polar surface area (TPSA) is 45.2 Å². The van der Waals surface area contributed by atoms with Gasteiger partial charge in [0.15, 0.2) is 0 Å². The van der Waals surface area contributed by atoms with E-state index in [0.29, 0.717) is 17.3 Å². The molecular weight excluding hydrogens is 322 g/mol. The van der Waals surface area contributed by atoms with Gasteiger partial charge in [-0.25, -0.2) is 0 Å². The fourth-order valence-corrected chi connectivity index (χ4v) is 2.76. The Bertz CT molecular complexity index is 669. The van der Waals surface area contributed by atoms with Crippen LogP contribution in [-0.2, 0) is 6.54 Å². The number of hydrogen-bond donors (Lipinski definition) is 1. The Balaban J connectivity index is 2.07. The van der Waals surface area contributed by atoms with E-state index < -0.39 is 0 Å². The van der Waals surface area contributed by atoms with Crippen molar-refractivity contribution in [1.29, 1.82) is 0 Å². The molecule has 0 saturated heterocycles. The van der Waals surface area contributed by atoms with E-state index in [1.165, 1.54) is 0 Å². The summed E-state index contributed by atoms with van der Waals surface area (Å²) in [7, 11) is 0. The van der Waals surface area contributed by atoms with E-state index in [9.17, 15) is 4.79 Å². The smallest absolute Gasteiger partial charge is 0.270 e. The fraction of sp³-hybridized carbons (Fsp3) is 0.368. The van der Waals surface area contributed by atoms with Gasteiger partial charge in [0.05, 0.1) is 0 Å². The fourth-order valence-electron chi connectivity index (χ4n) is 2.56. The van der Waals surface area contributed by atoms with Gasteiger partial charge >= 0.3 is 0 Å². The lowest BCUT2D eigenvalue weighted by atomic mass is 10.2. The molecule has 0 unspecified atom stereocenters. The van der Waals surface area contributed by atoms with Crippen LogP contribution in [0.2, 0.25) is 5.02 Å². The minimum atomic E-state index is -0.190. The van der Waals surface area contributed by atoms with Gasteiger partial charge in [0.2, 0.25) is 0 Å². The number of aromatic nitrogens is 1. The lowest BCUT2D eigenvalue weighted by Crippen LogP contribution is -2.27. The van der Waals surface area contributed by atoms with Crippen LogP contribution >= 0.6 is 11.6 Å². The molecule has 2 aromatic rings. The number of benzene rings is 1. The Kier molecular flexibility index (Phi) is 7.07. The van der Waals surface area contributed by atoms with E-state index in [1.807, 2.05) is 36.4 Å². The zero-order valence-electron chi connectivity index (χ0n) is 14.3. The molecular formula is C19H24ClN3O. The van der Waals surface area contributed by atoms with Gasteiger partial charge < -0.3 is 10.2 Å². The van der Waals surface area contributed by atoms with Gasteiger partial charge in [-0.2, -0.15) is 0 Å². The summed E-state index contributed by atoms with van der Waals surface area (Å²) >= 11 is 6.12. The molecule has 0 aliphatic carbocycles. The van der Waals surface area contributed by atoms with Crippen LogP contribution in [0, 0.1) is 0 Å². The van der Waals surface area contributed by atoms with Crippen molar-refractivity contribution in [2.24, 2.45) is 0 Å². The average molecular weight is 346 g/mol. The van der Waals surface area contributed by atoms with Crippen molar-refractivity contribution in [3.63, 3.8) is 0 Å². The van der Waals surface area contributed by atoms with Crippen LogP contribution < -0.4 is 10.2 Å². The van der Waals surface area contributed by atoms with E-state index >= 15 is 0 Å². The van der Waals surface area contributed by atoms with Crippen molar-refractivity contribution in [2.75, 3.05) is 18.0 Å². The molecule has 0 radical (unpaired) electrons. The van der Waals surface area contributed by atoms with Crippen molar-refractivity contribution in [1.82, 2.24) is 10.3 Å². The third-order valence-corrected chi connectivity index (χ3v) is 4.09. The lowest BCUT2D eigenvalue weighted by Gasteiger charge is -2.23. The largest absolute Gasteiger partial charge is 0.371 e. The number of rotatable bonds is 8. The minimum Gasteiger partial charge on any atom is -0.371 e. The summed E-state index contributed by atoms with van der Waals surface area (Å²) in [5.41, 5.74) is 2.36. The molecule has 0 fully saturated rings. The van der Waals surface area contributed by atoms with Crippen LogP contribution in [0.5, 0.6) is 0 Å². The van der Waals surface area contributed by atoms with Gasteiger partial charge in [0, 0.05) is 36.5 Å². The number of amides is 1. The summed E-state index contributed by atoms with van der Waals surface area (Å²) in [6, 6.07) is 11.3. The molecule has 0 aliphatic rings. The number of nitrogens with zero attached hydrogens (tertiary/aromatic N) is 2. The summed E-state index contributed by atoms with van der Waals surface area (Å²) in [5.74, 6) is -0.190. The first kappa shape index (κ1) is 18.3. The zero-order chi connectivity index (χ0) is 17.4. The van der Waals surface area contributed by atoms with Crippen LogP contribution in [0.3, 0.4) is 0 Å². The molecule has 0 atom stereocenters. The summed E-state index contributed by atoms with van der Waals surface area (Å²) < 4.78 is 0. The normalized spacial score (nSPS) is 10.5. The second-order valence-electron chi connectivity index (χ2n) is 5.66. The first-order chi connectivity index (χ1) is 11.7. The Morgan fingerprint density at radius 3 is 2.54 bits per heavy atom. The van der Waals surface area contributed by atoms with Gasteiger partial charge in [-0.1, -0.05) is 43.6 Å². The molecule has 128 valence electrons. The van der Waals surface area contributed by atoms with Crippen molar-refractivity contribution >= 4 is 23.2 Å². The zero-order valence-corrected chi connectivity index (χ0v) is 15.0. The number of halogens is 1. The lowest BCUT2D eigenvalue weighted by molar-refractivity contribution is 0.0946. The predicted molar refractivity (Wildman–Crippen MR) is 99.7 cm³/mol. The highest BCUT2D eigenvalue weighted by Crippen LogP contribution is 2.17. The first-order valence-electron chi connectivity index (χ1n) is 8.38. The average Bonchev–Trinajstić information content (AvgIpc) is 2.61. The summed E-state index contributed by atoms with van der Waals surface area (Å²) in [5, 5.41) is 3.53. The molecule has 1 aromatic heterocycles. The third kappa shape index (κ3) is 4.96. The quantitative estimate of drug-likeness (QED) is 0.776. The molecule has 0 bridgehead atoms. The van der Waals surface area contributed by atoms with Gasteiger partial charge in [-0.05, 0) is 36.6 Å². The van der Waals surface area contributed by atoms with E-state index in [0.717, 1.165) is 37.2 Å². The standard InChI is InChI=1S/C19H24ClN3O/c1-3-11-23(12-4-2)16-9-10-21-18(13-16)19(24)22-14-15-7-5-6-8-17(15)20/h5-10,13H,3-4,11-12,14H2,1-2H3,(H,22,24). The second kappa shape index (κ2) is 9.28. The SMILES string of the molecule is CCCN(CCC)c1ccnc(C(=O)NCc2ccccc2Cl)c1. The molecule has 0 spiro atoms. The van der Waals surface area contributed by atoms with Crippen LogP contribution in [0.15, 0.2) is 42.6 Å². The maximum Gasteiger partial charge on any atom is 0.270 e. The van der Waals surface area contributed by atoms with E-state index in [-0.39, 0.29) is 5.91 Å². The Labute approximate surface area is 148 Å². The molecule has 24 heavy (non-hydrogen) atoms. The highest BCUT2D eigenvalue weighted by molar-refractivity contribution is 6.31. The highest BCUT2D eigenvalue weighted by Gasteiger charge is 2.11. The number of hydrogen-bond acceptors (Lipinski definition) is 3. The number of carbonyl (C=O) groups is 1. The molecule has 1 N–H and O–H groups in total. The summed E-state index contributed by atoms with van der Waals surface area (Å²) in [4.78, 5) is 18.9. The molecule has 0 aliphatic heterocycles. The van der Waals surface area contributed by atoms with E-state index in [4.69, 9.17) is 11.6 Å². The monoisotopic (exact) mass is 345 g/mol. The summed E-state index contributed by atoms with van der Waals surface area (Å²) in [6.07, 6.45) is 3.82. The number of nitrogens with one attached hydrogen (secondary N) is 1. The van der Waals surface area contributed by atoms with Crippen molar-refractivity contribution in [3.8, 4) is 0 Å². The highest BCUT2D eigenvalue weighted by atomic mass is 35.5. The van der Waals surface area contributed by atoms with E-state index in [2.05, 4.69) is 29.0 Å². The molecule has 1 heterocycles. The third-order valence-electron chi connectivity index (χ3n) is 3.73. The Morgan fingerprint density at radius 1 is 1.17 bits per heavy atom. The number of carbonyl (C=O) groups excluding carboxylic acids is 1. The first-order valence-corrected chi connectivity index (χ1v) is 8.76. The Morgan fingerprint density at radius 2 is 1.88 bits per heavy atom. The molecule has 4 nitrogen and oxygen atoms in total. The molecule has 5 heteroatoms. The Hall–Kier alpha value is -2.07. The maximum atomic E-state index is 12.4. The second-order valence-corrected chi connectivity index (χ2v) is 6.07. The van der Waals surface area contributed by atoms with Crippen LogP contribution in [-0.4, -0.2) is 24.0 Å².